The molecule has 7 rings (SSSR count). The minimum atomic E-state index is -4.22. The zero-order valence-corrected chi connectivity index (χ0v) is 22.7. The molecule has 2 aromatic carbocycles. The van der Waals surface area contributed by atoms with Gasteiger partial charge >= 0.3 is 6.18 Å². The van der Waals surface area contributed by atoms with Crippen LogP contribution in [-0.2, 0) is 0 Å². The minimum absolute atomic E-state index is 0.0517. The third kappa shape index (κ3) is 4.66. The van der Waals surface area contributed by atoms with Crippen LogP contribution in [0.15, 0.2) is 55.4 Å². The Hall–Kier alpha value is -4.72. The number of aryl methyl sites for hydroxylation is 1. The van der Waals surface area contributed by atoms with Gasteiger partial charge in [-0.15, -0.1) is 0 Å². The molecule has 0 saturated carbocycles. The van der Waals surface area contributed by atoms with Crippen molar-refractivity contribution in [3.63, 3.8) is 0 Å². The third-order valence-corrected chi connectivity index (χ3v) is 7.84. The van der Waals surface area contributed by atoms with E-state index >= 15 is 0 Å². The lowest BCUT2D eigenvalue weighted by molar-refractivity contribution is -0.148. The predicted octanol–water partition coefficient (Wildman–Crippen LogP) is 4.75. The first-order valence-electron chi connectivity index (χ1n) is 13.4. The maximum absolute atomic E-state index is 13.1. The largest absolute Gasteiger partial charge is 0.495 e. The van der Waals surface area contributed by atoms with Crippen LogP contribution in [0.25, 0.3) is 16.6 Å². The molecule has 2 atom stereocenters. The van der Waals surface area contributed by atoms with Gasteiger partial charge in [-0.25, -0.2) is 24.5 Å². The van der Waals surface area contributed by atoms with Crippen molar-refractivity contribution in [1.29, 1.82) is 0 Å². The van der Waals surface area contributed by atoms with E-state index in [4.69, 9.17) is 9.47 Å². The van der Waals surface area contributed by atoms with Gasteiger partial charge in [0.15, 0.2) is 5.65 Å². The summed E-state index contributed by atoms with van der Waals surface area (Å²) in [5.41, 5.74) is 3.73. The molecule has 5 heterocycles. The van der Waals surface area contributed by atoms with Gasteiger partial charge in [-0.2, -0.15) is 18.3 Å². The van der Waals surface area contributed by atoms with E-state index < -0.39 is 12.7 Å². The second kappa shape index (κ2) is 9.98. The number of anilines is 3. The van der Waals surface area contributed by atoms with Crippen LogP contribution in [0.1, 0.15) is 12.0 Å². The summed E-state index contributed by atoms with van der Waals surface area (Å²) in [6.45, 7) is 1.89. The second-order valence-electron chi connectivity index (χ2n) is 10.4. The molecule has 0 amide bonds. The number of methoxy groups -OCH3 is 1. The average molecular weight is 578 g/mol. The molecule has 1 N–H and O–H groups in total. The van der Waals surface area contributed by atoms with Crippen LogP contribution >= 0.6 is 0 Å². The Morgan fingerprint density at radius 3 is 2.67 bits per heavy atom. The fourth-order valence-electron chi connectivity index (χ4n) is 5.90. The van der Waals surface area contributed by atoms with Crippen molar-refractivity contribution in [3.8, 4) is 17.4 Å². The van der Waals surface area contributed by atoms with Crippen LogP contribution in [0.4, 0.5) is 30.4 Å². The van der Waals surface area contributed by atoms with Gasteiger partial charge in [0.25, 0.3) is 0 Å². The first kappa shape index (κ1) is 26.2. The molecule has 0 radical (unpaired) electrons. The Kier molecular flexibility index (Phi) is 6.22. The summed E-state index contributed by atoms with van der Waals surface area (Å²) in [5, 5.41) is 8.19. The van der Waals surface area contributed by atoms with Gasteiger partial charge < -0.3 is 19.7 Å². The number of fused-ring (bicyclic) bond motifs is 3. The maximum Gasteiger partial charge on any atom is 0.401 e. The maximum atomic E-state index is 13.1. The van der Waals surface area contributed by atoms with E-state index in [9.17, 15) is 13.2 Å². The van der Waals surface area contributed by atoms with Crippen molar-refractivity contribution in [2.24, 2.45) is 0 Å². The van der Waals surface area contributed by atoms with Crippen LogP contribution in [0.2, 0.25) is 0 Å². The highest BCUT2D eigenvalue weighted by molar-refractivity contribution is 6.04. The number of likely N-dealkylation sites (tertiary alicyclic amines) is 1. The van der Waals surface area contributed by atoms with Gasteiger partial charge in [-0.3, -0.25) is 4.90 Å². The summed E-state index contributed by atoms with van der Waals surface area (Å²) in [6, 6.07) is 10.8. The topological polar surface area (TPSA) is 106 Å². The van der Waals surface area contributed by atoms with E-state index in [1.165, 1.54) is 23.9 Å². The molecule has 0 spiro atoms. The van der Waals surface area contributed by atoms with Crippen molar-refractivity contribution >= 4 is 33.7 Å². The van der Waals surface area contributed by atoms with Gasteiger partial charge in [-0.1, -0.05) is 0 Å². The molecule has 11 nitrogen and oxygen atoms in total. The lowest BCUT2D eigenvalue weighted by Gasteiger charge is -2.49. The zero-order valence-electron chi connectivity index (χ0n) is 22.7. The number of rotatable bonds is 7. The highest BCUT2D eigenvalue weighted by Crippen LogP contribution is 2.46. The zero-order chi connectivity index (χ0) is 29.0. The van der Waals surface area contributed by atoms with Crippen LogP contribution in [0, 0.1) is 6.92 Å². The normalized spacial score (nSPS) is 18.7. The lowest BCUT2D eigenvalue weighted by atomic mass is 9.94. The Bertz CT molecular complexity index is 1790. The van der Waals surface area contributed by atoms with Gasteiger partial charge in [0.1, 0.15) is 36.3 Å². The van der Waals surface area contributed by atoms with E-state index in [-0.39, 0.29) is 12.1 Å². The number of aromatic nitrogens is 6. The molecule has 2 aliphatic rings. The Morgan fingerprint density at radius 2 is 1.86 bits per heavy atom. The summed E-state index contributed by atoms with van der Waals surface area (Å²) in [6.07, 6.45) is 0.876. The molecule has 0 bridgehead atoms. The number of hydrogen-bond donors (Lipinski definition) is 1. The quantitative estimate of drug-likeness (QED) is 0.291. The smallest absolute Gasteiger partial charge is 0.401 e. The minimum Gasteiger partial charge on any atom is -0.495 e. The summed E-state index contributed by atoms with van der Waals surface area (Å²) >= 11 is 0. The number of nitrogens with one attached hydrogen (secondary N) is 1. The highest BCUT2D eigenvalue weighted by atomic mass is 19.4. The van der Waals surface area contributed by atoms with Crippen molar-refractivity contribution in [3.05, 3.63) is 60.9 Å². The van der Waals surface area contributed by atoms with E-state index in [1.54, 1.807) is 17.7 Å². The molecule has 14 heteroatoms. The number of alkyl halides is 3. The molecule has 2 fully saturated rings. The van der Waals surface area contributed by atoms with Crippen molar-refractivity contribution in [1.82, 2.24) is 34.4 Å². The predicted molar refractivity (Wildman–Crippen MR) is 149 cm³/mol. The fourth-order valence-corrected chi connectivity index (χ4v) is 5.90. The van der Waals surface area contributed by atoms with E-state index in [0.29, 0.717) is 53.9 Å². The molecule has 3 aromatic heterocycles. The van der Waals surface area contributed by atoms with Crippen LogP contribution in [-0.4, -0.2) is 79.5 Å². The standard InChI is InChI=1S/C28H26F3N9O2/c1-16-9-17(3-5-21(16)42-24-10-23-33-14-36-40(23)15-35-24)37-27-25-18(32-13-34-27)4-6-22(41-2)26(25)39-11-20-19(39)7-8-38(20)12-28(29,30)31/h3-6,9-10,13-15,19-20H,7-8,11-12H2,1-2H3,(H,32,34,37)/t19-,20-/m0/s1. The average Bonchev–Trinajstić information content (AvgIpc) is 3.53. The summed E-state index contributed by atoms with van der Waals surface area (Å²) in [7, 11) is 1.58. The van der Waals surface area contributed by atoms with Gasteiger partial charge in [0.2, 0.25) is 5.88 Å². The summed E-state index contributed by atoms with van der Waals surface area (Å²) < 4.78 is 52.7. The van der Waals surface area contributed by atoms with Crippen LogP contribution in [0.5, 0.6) is 17.4 Å². The summed E-state index contributed by atoms with van der Waals surface area (Å²) in [5.74, 6) is 2.20. The Balaban J connectivity index is 1.18. The van der Waals surface area contributed by atoms with Gasteiger partial charge in [-0.05, 0) is 49.2 Å². The highest BCUT2D eigenvalue weighted by Gasteiger charge is 2.50. The van der Waals surface area contributed by atoms with Crippen molar-refractivity contribution in [2.45, 2.75) is 31.6 Å². The van der Waals surface area contributed by atoms with E-state index in [2.05, 4.69) is 35.3 Å². The molecule has 0 unspecified atom stereocenters. The van der Waals surface area contributed by atoms with E-state index in [1.807, 2.05) is 37.3 Å². The molecule has 216 valence electrons. The number of benzene rings is 2. The number of nitrogens with zero attached hydrogens (tertiary/aromatic N) is 8. The van der Waals surface area contributed by atoms with E-state index in [0.717, 1.165) is 22.3 Å². The molecular weight excluding hydrogens is 551 g/mol. The SMILES string of the molecule is COc1ccc2ncnc(Nc3ccc(Oc4cc5ncnn5cn4)c(C)c3)c2c1N1C[C@H]2[C@@H]1CCN2CC(F)(F)F. The molecule has 42 heavy (non-hydrogen) atoms. The first-order chi connectivity index (χ1) is 20.3. The molecule has 2 saturated heterocycles. The van der Waals surface area contributed by atoms with Crippen molar-refractivity contribution in [2.75, 3.05) is 37.0 Å². The molecule has 0 aliphatic carbocycles. The van der Waals surface area contributed by atoms with Crippen molar-refractivity contribution < 1.29 is 22.6 Å². The molecular formula is C28H26F3N9O2. The van der Waals surface area contributed by atoms with Gasteiger partial charge in [0.05, 0.1) is 30.2 Å². The first-order valence-corrected chi connectivity index (χ1v) is 13.4. The Morgan fingerprint density at radius 1 is 1.00 bits per heavy atom. The van der Waals surface area contributed by atoms with Gasteiger partial charge in [0, 0.05) is 36.9 Å². The number of halogens is 3. The lowest BCUT2D eigenvalue weighted by Crippen LogP contribution is -2.63. The number of ether oxygens (including phenoxy) is 2. The fraction of sp³-hybridized carbons (Fsp3) is 0.321. The number of hydrogen-bond acceptors (Lipinski definition) is 10. The molecule has 2 aliphatic heterocycles. The molecule has 5 aromatic rings. The second-order valence-corrected chi connectivity index (χ2v) is 10.4. The monoisotopic (exact) mass is 577 g/mol. The van der Waals surface area contributed by atoms with Crippen LogP contribution in [0.3, 0.4) is 0 Å². The van der Waals surface area contributed by atoms with Crippen LogP contribution < -0.4 is 19.7 Å². The summed E-state index contributed by atoms with van der Waals surface area (Å²) in [4.78, 5) is 21.1. The Labute approximate surface area is 237 Å². The third-order valence-electron chi connectivity index (χ3n) is 7.84.